The van der Waals surface area contributed by atoms with Crippen LogP contribution >= 0.6 is 15.9 Å². The van der Waals surface area contributed by atoms with Crippen LogP contribution in [0.2, 0.25) is 0 Å². The summed E-state index contributed by atoms with van der Waals surface area (Å²) in [5, 5.41) is 0. The highest BCUT2D eigenvalue weighted by molar-refractivity contribution is 9.10. The molecule has 26 heavy (non-hydrogen) atoms. The Kier molecular flexibility index (Phi) is 4.86. The number of aromatic amines is 1. The first-order valence-electron chi connectivity index (χ1n) is 7.90. The van der Waals surface area contributed by atoms with Crippen LogP contribution in [0.1, 0.15) is 18.0 Å². The highest BCUT2D eigenvalue weighted by Crippen LogP contribution is 2.16. The molecule has 138 valence electrons. The van der Waals surface area contributed by atoms with E-state index in [2.05, 4.69) is 25.9 Å². The zero-order chi connectivity index (χ0) is 19.0. The van der Waals surface area contributed by atoms with Crippen molar-refractivity contribution in [2.75, 3.05) is 7.05 Å². The van der Waals surface area contributed by atoms with Gasteiger partial charge in [-0.25, -0.2) is 9.78 Å². The van der Waals surface area contributed by atoms with E-state index < -0.39 is 11.2 Å². The predicted molar refractivity (Wildman–Crippen MR) is 97.8 cm³/mol. The lowest BCUT2D eigenvalue weighted by atomic mass is 10.2. The van der Waals surface area contributed by atoms with Crippen LogP contribution in [-0.4, -0.2) is 37.0 Å². The van der Waals surface area contributed by atoms with E-state index in [4.69, 9.17) is 4.42 Å². The van der Waals surface area contributed by atoms with Gasteiger partial charge in [-0.3, -0.25) is 18.7 Å². The predicted octanol–water partition coefficient (Wildman–Crippen LogP) is 0.907. The summed E-state index contributed by atoms with van der Waals surface area (Å²) in [6, 6.07) is 3.57. The molecule has 0 saturated carbocycles. The molecule has 10 heteroatoms. The number of hydrogen-bond acceptors (Lipinski definition) is 5. The molecule has 0 aliphatic rings. The largest absolute Gasteiger partial charge is 0.452 e. The number of carbonyl (C=O) groups excluding carboxylic acids is 1. The van der Waals surface area contributed by atoms with Gasteiger partial charge in [-0.1, -0.05) is 0 Å². The Bertz CT molecular complexity index is 1090. The minimum Gasteiger partial charge on any atom is -0.452 e. The molecule has 0 radical (unpaired) electrons. The summed E-state index contributed by atoms with van der Waals surface area (Å²) < 4.78 is 8.33. The first-order chi connectivity index (χ1) is 12.3. The number of nitrogens with zero attached hydrogens (tertiary/aromatic N) is 4. The van der Waals surface area contributed by atoms with Gasteiger partial charge in [0.05, 0.1) is 6.54 Å². The minimum atomic E-state index is -0.444. The van der Waals surface area contributed by atoms with Crippen LogP contribution in [0, 0.1) is 0 Å². The van der Waals surface area contributed by atoms with Gasteiger partial charge >= 0.3 is 5.69 Å². The third kappa shape index (κ3) is 3.36. The second kappa shape index (κ2) is 6.94. The molecular formula is C16H18BrN5O4. The van der Waals surface area contributed by atoms with Crippen molar-refractivity contribution in [1.29, 1.82) is 0 Å². The molecule has 1 N–H and O–H groups in total. The van der Waals surface area contributed by atoms with E-state index in [1.807, 2.05) is 0 Å². The molecule has 0 atom stereocenters. The lowest BCUT2D eigenvalue weighted by Gasteiger charge is -2.15. The van der Waals surface area contributed by atoms with Crippen LogP contribution in [0.4, 0.5) is 0 Å². The van der Waals surface area contributed by atoms with Gasteiger partial charge in [0.25, 0.3) is 5.56 Å². The number of nitrogens with one attached hydrogen (secondary N) is 1. The van der Waals surface area contributed by atoms with Crippen molar-refractivity contribution in [2.45, 2.75) is 19.4 Å². The molecule has 3 aromatic rings. The van der Waals surface area contributed by atoms with Crippen LogP contribution in [-0.2, 0) is 31.9 Å². The maximum Gasteiger partial charge on any atom is 0.332 e. The minimum absolute atomic E-state index is 0.0835. The summed E-state index contributed by atoms with van der Waals surface area (Å²) in [7, 11) is 4.65. The number of furan rings is 1. The Balaban J connectivity index is 1.72. The fourth-order valence-corrected chi connectivity index (χ4v) is 3.01. The number of imidazole rings is 1. The van der Waals surface area contributed by atoms with E-state index in [0.29, 0.717) is 29.2 Å². The van der Waals surface area contributed by atoms with Gasteiger partial charge in [-0.05, 0) is 28.1 Å². The molecule has 3 heterocycles. The molecule has 3 rings (SSSR count). The van der Waals surface area contributed by atoms with Crippen molar-refractivity contribution in [2.24, 2.45) is 14.1 Å². The number of fused-ring (bicyclic) bond motifs is 1. The van der Waals surface area contributed by atoms with E-state index in [1.165, 1.54) is 11.6 Å². The molecule has 9 nitrogen and oxygen atoms in total. The van der Waals surface area contributed by atoms with Gasteiger partial charge in [-0.15, -0.1) is 0 Å². The third-order valence-corrected chi connectivity index (χ3v) is 4.59. The summed E-state index contributed by atoms with van der Waals surface area (Å²) in [6.45, 7) is 0.361. The summed E-state index contributed by atoms with van der Waals surface area (Å²) in [6.07, 6.45) is 0.545. The molecular weight excluding hydrogens is 406 g/mol. The second-order valence-electron chi connectivity index (χ2n) is 6.04. The molecule has 0 aliphatic carbocycles. The Morgan fingerprint density at radius 3 is 2.69 bits per heavy atom. The Labute approximate surface area is 156 Å². The van der Waals surface area contributed by atoms with Gasteiger partial charge in [0.1, 0.15) is 17.1 Å². The smallest absolute Gasteiger partial charge is 0.332 e. The van der Waals surface area contributed by atoms with Gasteiger partial charge in [0.15, 0.2) is 10.3 Å². The average molecular weight is 424 g/mol. The van der Waals surface area contributed by atoms with Crippen molar-refractivity contribution in [3.05, 3.63) is 49.2 Å². The number of aromatic nitrogens is 4. The number of rotatable bonds is 5. The molecule has 1 amide bonds. The van der Waals surface area contributed by atoms with Crippen LogP contribution in [0.5, 0.6) is 0 Å². The van der Waals surface area contributed by atoms with Crippen LogP contribution in [0.15, 0.2) is 30.8 Å². The lowest BCUT2D eigenvalue weighted by Crippen LogP contribution is -2.36. The Morgan fingerprint density at radius 1 is 1.31 bits per heavy atom. The first kappa shape index (κ1) is 18.2. The highest BCUT2D eigenvalue weighted by atomic mass is 79.9. The van der Waals surface area contributed by atoms with Crippen molar-refractivity contribution >= 4 is 33.0 Å². The summed E-state index contributed by atoms with van der Waals surface area (Å²) in [5.41, 5.74) is -0.338. The van der Waals surface area contributed by atoms with Gasteiger partial charge in [0.2, 0.25) is 5.91 Å². The quantitative estimate of drug-likeness (QED) is 0.656. The molecule has 0 spiro atoms. The molecule has 0 saturated heterocycles. The van der Waals surface area contributed by atoms with E-state index in [0.717, 1.165) is 4.57 Å². The van der Waals surface area contributed by atoms with Crippen molar-refractivity contribution in [3.63, 3.8) is 0 Å². The SMILES string of the molecule is CN(Cc1ccc(Br)o1)C(=O)CCc1nc2c([nH]1)c(=O)n(C)c(=O)n2C. The molecule has 3 aromatic heterocycles. The molecule has 0 bridgehead atoms. The highest BCUT2D eigenvalue weighted by Gasteiger charge is 2.16. The van der Waals surface area contributed by atoms with Crippen LogP contribution in [0.25, 0.3) is 11.2 Å². The van der Waals surface area contributed by atoms with Gasteiger partial charge < -0.3 is 14.3 Å². The number of carbonyl (C=O) groups is 1. The maximum absolute atomic E-state index is 12.3. The average Bonchev–Trinajstić information content (AvgIpc) is 3.22. The summed E-state index contributed by atoms with van der Waals surface area (Å²) >= 11 is 3.22. The number of aryl methyl sites for hydroxylation is 2. The monoisotopic (exact) mass is 423 g/mol. The standard InChI is InChI=1S/C16H18BrN5O4/c1-20(8-9-4-5-10(17)26-9)12(23)7-6-11-18-13-14(19-11)21(2)16(25)22(3)15(13)24/h4-5H,6-8H2,1-3H3,(H,18,19). The normalized spacial score (nSPS) is 11.2. The molecule has 0 aliphatic heterocycles. The summed E-state index contributed by atoms with van der Waals surface area (Å²) in [4.78, 5) is 45.2. The van der Waals surface area contributed by atoms with E-state index in [1.54, 1.807) is 31.1 Å². The van der Waals surface area contributed by atoms with Gasteiger partial charge in [-0.2, -0.15) is 0 Å². The number of hydrogen-bond donors (Lipinski definition) is 1. The lowest BCUT2D eigenvalue weighted by molar-refractivity contribution is -0.130. The molecule has 0 fully saturated rings. The number of amides is 1. The van der Waals surface area contributed by atoms with E-state index in [-0.39, 0.29) is 23.5 Å². The number of halogens is 1. The van der Waals surface area contributed by atoms with Crippen molar-refractivity contribution < 1.29 is 9.21 Å². The van der Waals surface area contributed by atoms with E-state index in [9.17, 15) is 14.4 Å². The Morgan fingerprint density at radius 2 is 2.04 bits per heavy atom. The van der Waals surface area contributed by atoms with Crippen LogP contribution < -0.4 is 11.2 Å². The van der Waals surface area contributed by atoms with Crippen molar-refractivity contribution in [3.8, 4) is 0 Å². The van der Waals surface area contributed by atoms with Crippen LogP contribution in [0.3, 0.4) is 0 Å². The maximum atomic E-state index is 12.3. The van der Waals surface area contributed by atoms with E-state index >= 15 is 0 Å². The molecule has 0 unspecified atom stereocenters. The second-order valence-corrected chi connectivity index (χ2v) is 6.83. The zero-order valence-corrected chi connectivity index (χ0v) is 16.2. The summed E-state index contributed by atoms with van der Waals surface area (Å²) in [5.74, 6) is 1.08. The van der Waals surface area contributed by atoms with Gasteiger partial charge in [0, 0.05) is 34.0 Å². The fourth-order valence-electron chi connectivity index (χ4n) is 2.67. The number of H-pyrrole nitrogens is 1. The van der Waals surface area contributed by atoms with Crippen molar-refractivity contribution in [1.82, 2.24) is 24.0 Å². The topological polar surface area (TPSA) is 106 Å². The fraction of sp³-hybridized carbons (Fsp3) is 0.375. The first-order valence-corrected chi connectivity index (χ1v) is 8.70. The third-order valence-electron chi connectivity index (χ3n) is 4.17. The zero-order valence-electron chi connectivity index (χ0n) is 14.6. The molecule has 0 aromatic carbocycles. The Hall–Kier alpha value is -2.62.